The van der Waals surface area contributed by atoms with Crippen molar-refractivity contribution in [2.45, 2.75) is 32.2 Å². The predicted molar refractivity (Wildman–Crippen MR) is 84.5 cm³/mol. The van der Waals surface area contributed by atoms with Crippen molar-refractivity contribution in [3.63, 3.8) is 0 Å². The molecule has 1 heterocycles. The van der Waals surface area contributed by atoms with Crippen LogP contribution >= 0.6 is 0 Å². The van der Waals surface area contributed by atoms with Crippen molar-refractivity contribution in [1.29, 1.82) is 0 Å². The summed E-state index contributed by atoms with van der Waals surface area (Å²) in [4.78, 5) is 24.7. The molecule has 6 nitrogen and oxygen atoms in total. The maximum Gasteiger partial charge on any atom is 0.328 e. The number of ether oxygens (including phenoxy) is 2. The van der Waals surface area contributed by atoms with Gasteiger partial charge in [0.1, 0.15) is 5.75 Å². The average molecular weight is 321 g/mol. The maximum atomic E-state index is 12.2. The predicted octanol–water partition coefficient (Wildman–Crippen LogP) is 1.86. The van der Waals surface area contributed by atoms with Gasteiger partial charge in [0.05, 0.1) is 19.8 Å². The minimum absolute atomic E-state index is 0.0670. The lowest BCUT2D eigenvalue weighted by Gasteiger charge is -2.32. The molecule has 1 fully saturated rings. The highest BCUT2D eigenvalue weighted by Gasteiger charge is 2.32. The van der Waals surface area contributed by atoms with Gasteiger partial charge in [-0.3, -0.25) is 4.79 Å². The standard InChI is InChI=1S/C17H23NO5/c1-13-5-4-6-14(11-13)23-9-3-2-7-16(19)18-8-10-22-12-15(18)17(20)21/h4-6,11,15H,2-3,7-10,12H2,1H3,(H,20,21)/t15-/m0/s1. The molecule has 0 saturated carbocycles. The largest absolute Gasteiger partial charge is 0.494 e. The number of morpholine rings is 1. The summed E-state index contributed by atoms with van der Waals surface area (Å²) in [5.41, 5.74) is 1.14. The normalized spacial score (nSPS) is 17.8. The summed E-state index contributed by atoms with van der Waals surface area (Å²) < 4.78 is 10.8. The lowest BCUT2D eigenvalue weighted by atomic mass is 10.1. The molecule has 1 aliphatic rings. The van der Waals surface area contributed by atoms with Crippen LogP contribution in [-0.2, 0) is 14.3 Å². The van der Waals surface area contributed by atoms with Crippen LogP contribution in [0.15, 0.2) is 24.3 Å². The first-order valence-corrected chi connectivity index (χ1v) is 7.87. The molecule has 0 spiro atoms. The molecular weight excluding hydrogens is 298 g/mol. The molecular formula is C17H23NO5. The molecule has 1 atom stereocenters. The van der Waals surface area contributed by atoms with E-state index in [1.54, 1.807) is 0 Å². The van der Waals surface area contributed by atoms with E-state index >= 15 is 0 Å². The second-order valence-electron chi connectivity index (χ2n) is 5.64. The Balaban J connectivity index is 1.69. The molecule has 0 radical (unpaired) electrons. The molecule has 126 valence electrons. The van der Waals surface area contributed by atoms with Crippen molar-refractivity contribution in [2.75, 3.05) is 26.4 Å². The van der Waals surface area contributed by atoms with Crippen LogP contribution in [0.4, 0.5) is 0 Å². The van der Waals surface area contributed by atoms with Crippen LogP contribution in [0.1, 0.15) is 24.8 Å². The third kappa shape index (κ3) is 5.25. The highest BCUT2D eigenvalue weighted by Crippen LogP contribution is 2.14. The molecule has 0 aliphatic carbocycles. The average Bonchev–Trinajstić information content (AvgIpc) is 2.54. The summed E-state index contributed by atoms with van der Waals surface area (Å²) in [5.74, 6) is -0.312. The van der Waals surface area contributed by atoms with Crippen LogP contribution in [0.25, 0.3) is 0 Å². The van der Waals surface area contributed by atoms with Crippen molar-refractivity contribution in [2.24, 2.45) is 0 Å². The Labute approximate surface area is 136 Å². The fourth-order valence-corrected chi connectivity index (χ4v) is 2.52. The van der Waals surface area contributed by atoms with E-state index in [1.807, 2.05) is 31.2 Å². The Morgan fingerprint density at radius 3 is 2.96 bits per heavy atom. The molecule has 0 bridgehead atoms. The topological polar surface area (TPSA) is 76.1 Å². The third-order valence-electron chi connectivity index (χ3n) is 3.78. The minimum atomic E-state index is -1.01. The first kappa shape index (κ1) is 17.3. The number of aryl methyl sites for hydroxylation is 1. The number of carbonyl (C=O) groups is 2. The zero-order chi connectivity index (χ0) is 16.7. The Hall–Kier alpha value is -2.08. The van der Waals surface area contributed by atoms with E-state index in [0.717, 1.165) is 17.7 Å². The number of hydrogen-bond acceptors (Lipinski definition) is 4. The molecule has 1 N–H and O–H groups in total. The van der Waals surface area contributed by atoms with E-state index in [2.05, 4.69) is 0 Å². The fraction of sp³-hybridized carbons (Fsp3) is 0.529. The molecule has 0 aromatic heterocycles. The van der Waals surface area contributed by atoms with Gasteiger partial charge in [-0.25, -0.2) is 4.79 Å². The van der Waals surface area contributed by atoms with Gasteiger partial charge in [0.25, 0.3) is 0 Å². The molecule has 2 rings (SSSR count). The Kier molecular flexibility index (Phi) is 6.40. The van der Waals surface area contributed by atoms with Crippen molar-refractivity contribution in [3.8, 4) is 5.75 Å². The second-order valence-corrected chi connectivity index (χ2v) is 5.64. The highest BCUT2D eigenvalue weighted by molar-refractivity contribution is 5.83. The third-order valence-corrected chi connectivity index (χ3v) is 3.78. The zero-order valence-corrected chi connectivity index (χ0v) is 13.4. The molecule has 6 heteroatoms. The number of aliphatic carboxylic acids is 1. The van der Waals surface area contributed by atoms with Gasteiger partial charge in [0, 0.05) is 13.0 Å². The second kappa shape index (κ2) is 8.53. The molecule has 1 aromatic carbocycles. The minimum Gasteiger partial charge on any atom is -0.494 e. The monoisotopic (exact) mass is 321 g/mol. The van der Waals surface area contributed by atoms with E-state index in [4.69, 9.17) is 14.6 Å². The summed E-state index contributed by atoms with van der Waals surface area (Å²) in [6.07, 6.45) is 1.76. The van der Waals surface area contributed by atoms with E-state index in [9.17, 15) is 9.59 Å². The number of unbranched alkanes of at least 4 members (excludes halogenated alkanes) is 1. The smallest absolute Gasteiger partial charge is 0.328 e. The number of rotatable bonds is 7. The van der Waals surface area contributed by atoms with Gasteiger partial charge in [0.2, 0.25) is 5.91 Å². The molecule has 1 aromatic rings. The summed E-state index contributed by atoms with van der Waals surface area (Å²) in [5, 5.41) is 9.12. The van der Waals surface area contributed by atoms with Gasteiger partial charge in [0.15, 0.2) is 6.04 Å². The quantitative estimate of drug-likeness (QED) is 0.776. The number of carbonyl (C=O) groups excluding carboxylic acids is 1. The van der Waals surface area contributed by atoms with E-state index in [1.165, 1.54) is 4.90 Å². The first-order chi connectivity index (χ1) is 11.1. The summed E-state index contributed by atoms with van der Waals surface area (Å²) in [7, 11) is 0. The van der Waals surface area contributed by atoms with Crippen LogP contribution < -0.4 is 4.74 Å². The number of carboxylic acids is 1. The molecule has 1 aliphatic heterocycles. The van der Waals surface area contributed by atoms with Crippen LogP contribution in [0.5, 0.6) is 5.75 Å². The van der Waals surface area contributed by atoms with Crippen molar-refractivity contribution in [1.82, 2.24) is 4.90 Å². The number of amides is 1. The van der Waals surface area contributed by atoms with E-state index in [-0.39, 0.29) is 12.5 Å². The van der Waals surface area contributed by atoms with Gasteiger partial charge in [-0.15, -0.1) is 0 Å². The zero-order valence-electron chi connectivity index (χ0n) is 13.4. The molecule has 23 heavy (non-hydrogen) atoms. The first-order valence-electron chi connectivity index (χ1n) is 7.87. The number of hydrogen-bond donors (Lipinski definition) is 1. The lowest BCUT2D eigenvalue weighted by molar-refractivity contribution is -0.158. The van der Waals surface area contributed by atoms with Gasteiger partial charge >= 0.3 is 5.97 Å². The fourth-order valence-electron chi connectivity index (χ4n) is 2.52. The Morgan fingerprint density at radius 1 is 1.39 bits per heavy atom. The van der Waals surface area contributed by atoms with Crippen LogP contribution in [0, 0.1) is 6.92 Å². The summed E-state index contributed by atoms with van der Waals surface area (Å²) in [6.45, 7) is 3.36. The Bertz CT molecular complexity index is 546. The van der Waals surface area contributed by atoms with E-state index < -0.39 is 12.0 Å². The van der Waals surface area contributed by atoms with Crippen LogP contribution in [-0.4, -0.2) is 54.3 Å². The molecule has 1 amide bonds. The van der Waals surface area contributed by atoms with Crippen molar-refractivity contribution >= 4 is 11.9 Å². The van der Waals surface area contributed by atoms with Gasteiger partial charge in [-0.2, -0.15) is 0 Å². The Morgan fingerprint density at radius 2 is 2.22 bits per heavy atom. The van der Waals surface area contributed by atoms with E-state index in [0.29, 0.717) is 32.6 Å². The van der Waals surface area contributed by atoms with Gasteiger partial charge in [-0.05, 0) is 37.5 Å². The molecule has 1 saturated heterocycles. The summed E-state index contributed by atoms with van der Waals surface area (Å²) in [6, 6.07) is 6.96. The molecule has 0 unspecified atom stereocenters. The number of nitrogens with zero attached hydrogens (tertiary/aromatic N) is 1. The summed E-state index contributed by atoms with van der Waals surface area (Å²) >= 11 is 0. The van der Waals surface area contributed by atoms with Crippen molar-refractivity contribution in [3.05, 3.63) is 29.8 Å². The number of benzene rings is 1. The van der Waals surface area contributed by atoms with Gasteiger partial charge in [-0.1, -0.05) is 12.1 Å². The van der Waals surface area contributed by atoms with Crippen LogP contribution in [0.3, 0.4) is 0 Å². The number of carboxylic acid groups (broad SMARTS) is 1. The lowest BCUT2D eigenvalue weighted by Crippen LogP contribution is -2.52. The SMILES string of the molecule is Cc1cccc(OCCCCC(=O)N2CCOC[C@H]2C(=O)O)c1. The highest BCUT2D eigenvalue weighted by atomic mass is 16.5. The maximum absolute atomic E-state index is 12.2. The van der Waals surface area contributed by atoms with Crippen LogP contribution in [0.2, 0.25) is 0 Å². The van der Waals surface area contributed by atoms with Crippen molar-refractivity contribution < 1.29 is 24.2 Å². The van der Waals surface area contributed by atoms with Gasteiger partial charge < -0.3 is 19.5 Å².